The van der Waals surface area contributed by atoms with Crippen molar-refractivity contribution < 1.29 is 9.84 Å². The zero-order valence-electron chi connectivity index (χ0n) is 10.4. The van der Waals surface area contributed by atoms with E-state index >= 15 is 0 Å². The lowest BCUT2D eigenvalue weighted by molar-refractivity contribution is 0.281. The number of hydrogen-bond acceptors (Lipinski definition) is 2. The molecule has 17 heavy (non-hydrogen) atoms. The lowest BCUT2D eigenvalue weighted by Gasteiger charge is -2.09. The summed E-state index contributed by atoms with van der Waals surface area (Å²) in [4.78, 5) is 0. The van der Waals surface area contributed by atoms with Gasteiger partial charge in [0.05, 0.1) is 19.4 Å². The van der Waals surface area contributed by atoms with Crippen LogP contribution in [0.2, 0.25) is 0 Å². The fraction of sp³-hybridized carbons (Fsp3) is 0.286. The van der Waals surface area contributed by atoms with Gasteiger partial charge in [-0.3, -0.25) is 0 Å². The number of aliphatic hydroxyl groups is 1. The first-order valence-corrected chi connectivity index (χ1v) is 5.58. The molecule has 0 aliphatic carbocycles. The van der Waals surface area contributed by atoms with Crippen molar-refractivity contribution in [2.75, 3.05) is 7.11 Å². The van der Waals surface area contributed by atoms with E-state index in [0.29, 0.717) is 0 Å². The highest BCUT2D eigenvalue weighted by atomic mass is 16.5. The number of nitrogens with zero attached hydrogens (tertiary/aromatic N) is 1. The van der Waals surface area contributed by atoms with E-state index in [1.54, 1.807) is 7.11 Å². The summed E-state index contributed by atoms with van der Waals surface area (Å²) in [6.45, 7) is 2.07. The summed E-state index contributed by atoms with van der Waals surface area (Å²) in [5.41, 5.74) is 4.13. The highest BCUT2D eigenvalue weighted by Crippen LogP contribution is 2.32. The average molecular weight is 231 g/mol. The monoisotopic (exact) mass is 231 g/mol. The van der Waals surface area contributed by atoms with E-state index in [2.05, 4.69) is 4.57 Å². The van der Waals surface area contributed by atoms with Crippen molar-refractivity contribution in [1.82, 2.24) is 4.57 Å². The highest BCUT2D eigenvalue weighted by molar-refractivity contribution is 5.69. The lowest BCUT2D eigenvalue weighted by Crippen LogP contribution is -1.96. The van der Waals surface area contributed by atoms with Crippen molar-refractivity contribution in [2.24, 2.45) is 7.05 Å². The van der Waals surface area contributed by atoms with E-state index in [9.17, 15) is 5.11 Å². The summed E-state index contributed by atoms with van der Waals surface area (Å²) >= 11 is 0. The van der Waals surface area contributed by atoms with Crippen LogP contribution in [0.25, 0.3) is 11.3 Å². The molecule has 0 unspecified atom stereocenters. The Morgan fingerprint density at radius 3 is 2.59 bits per heavy atom. The van der Waals surface area contributed by atoms with Gasteiger partial charge in [0, 0.05) is 18.3 Å². The average Bonchev–Trinajstić information content (AvgIpc) is 2.66. The summed E-state index contributed by atoms with van der Waals surface area (Å²) in [5.74, 6) is 0.845. The zero-order chi connectivity index (χ0) is 12.4. The molecule has 1 heterocycles. The predicted molar refractivity (Wildman–Crippen MR) is 68.1 cm³/mol. The molecule has 3 nitrogen and oxygen atoms in total. The van der Waals surface area contributed by atoms with Gasteiger partial charge in [-0.15, -0.1) is 0 Å². The van der Waals surface area contributed by atoms with E-state index < -0.39 is 0 Å². The lowest BCUT2D eigenvalue weighted by atomic mass is 10.1. The maximum Gasteiger partial charge on any atom is 0.128 e. The number of benzene rings is 1. The van der Waals surface area contributed by atoms with Crippen molar-refractivity contribution >= 4 is 0 Å². The molecule has 90 valence electrons. The molecule has 0 fully saturated rings. The predicted octanol–water partition coefficient (Wildman–Crippen LogP) is 2.50. The van der Waals surface area contributed by atoms with Crippen molar-refractivity contribution in [2.45, 2.75) is 13.5 Å². The van der Waals surface area contributed by atoms with Crippen LogP contribution in [0.4, 0.5) is 0 Å². The Kier molecular flexibility index (Phi) is 3.20. The Labute approximate surface area is 101 Å². The molecule has 1 N–H and O–H groups in total. The summed E-state index contributed by atoms with van der Waals surface area (Å²) in [7, 11) is 3.66. The van der Waals surface area contributed by atoms with Gasteiger partial charge in [0.25, 0.3) is 0 Å². The molecule has 0 saturated heterocycles. The molecule has 0 aliphatic rings. The van der Waals surface area contributed by atoms with Crippen molar-refractivity contribution in [3.05, 3.63) is 41.6 Å². The normalized spacial score (nSPS) is 10.6. The molecule has 0 bridgehead atoms. The van der Waals surface area contributed by atoms with Gasteiger partial charge in [0.15, 0.2) is 0 Å². The number of aliphatic hydroxyl groups excluding tert-OH is 1. The van der Waals surface area contributed by atoms with Gasteiger partial charge in [0.1, 0.15) is 5.75 Å². The van der Waals surface area contributed by atoms with Crippen LogP contribution in [0.1, 0.15) is 11.3 Å². The molecule has 3 heteroatoms. The molecule has 1 aromatic heterocycles. The molecule has 0 radical (unpaired) electrons. The van der Waals surface area contributed by atoms with Crippen LogP contribution < -0.4 is 4.74 Å². The zero-order valence-corrected chi connectivity index (χ0v) is 10.4. The van der Waals surface area contributed by atoms with Gasteiger partial charge in [-0.1, -0.05) is 12.1 Å². The molecular formula is C14H17NO2. The second kappa shape index (κ2) is 4.63. The minimum Gasteiger partial charge on any atom is -0.496 e. The molecule has 0 atom stereocenters. The third kappa shape index (κ3) is 1.94. The molecule has 0 saturated carbocycles. The minimum absolute atomic E-state index is 0.0643. The third-order valence-corrected chi connectivity index (χ3v) is 3.19. The van der Waals surface area contributed by atoms with Crippen LogP contribution >= 0.6 is 0 Å². The van der Waals surface area contributed by atoms with Crippen LogP contribution in [0, 0.1) is 6.92 Å². The van der Waals surface area contributed by atoms with Gasteiger partial charge in [-0.2, -0.15) is 0 Å². The number of rotatable bonds is 3. The molecule has 2 rings (SSSR count). The topological polar surface area (TPSA) is 34.4 Å². The maximum absolute atomic E-state index is 9.29. The number of ether oxygens (including phenoxy) is 1. The summed E-state index contributed by atoms with van der Waals surface area (Å²) in [6.07, 6.45) is 0. The third-order valence-electron chi connectivity index (χ3n) is 3.19. The van der Waals surface area contributed by atoms with Crippen LogP contribution in [-0.4, -0.2) is 16.8 Å². The Balaban J connectivity index is 2.60. The second-order valence-electron chi connectivity index (χ2n) is 4.06. The van der Waals surface area contributed by atoms with Crippen LogP contribution in [0.5, 0.6) is 5.75 Å². The van der Waals surface area contributed by atoms with E-state index in [0.717, 1.165) is 28.3 Å². The Bertz CT molecular complexity index is 529. The minimum atomic E-state index is 0.0643. The van der Waals surface area contributed by atoms with E-state index in [1.165, 1.54) is 0 Å². The Hall–Kier alpha value is -1.74. The Morgan fingerprint density at radius 1 is 1.29 bits per heavy atom. The number of aromatic nitrogens is 1. The van der Waals surface area contributed by atoms with E-state index in [1.807, 2.05) is 44.3 Å². The van der Waals surface area contributed by atoms with Gasteiger partial charge in [-0.05, 0) is 30.7 Å². The Morgan fingerprint density at radius 2 is 2.00 bits per heavy atom. The quantitative estimate of drug-likeness (QED) is 0.880. The molecule has 0 aliphatic heterocycles. The first-order valence-electron chi connectivity index (χ1n) is 5.58. The van der Waals surface area contributed by atoms with Crippen LogP contribution in [0.3, 0.4) is 0 Å². The van der Waals surface area contributed by atoms with Gasteiger partial charge in [-0.25, -0.2) is 0 Å². The van der Waals surface area contributed by atoms with Gasteiger partial charge >= 0.3 is 0 Å². The van der Waals surface area contributed by atoms with Crippen LogP contribution in [-0.2, 0) is 13.7 Å². The van der Waals surface area contributed by atoms with E-state index in [4.69, 9.17) is 4.74 Å². The molecule has 0 spiro atoms. The van der Waals surface area contributed by atoms with Crippen LogP contribution in [0.15, 0.2) is 30.3 Å². The number of hydrogen-bond donors (Lipinski definition) is 1. The molecule has 1 aromatic carbocycles. The van der Waals surface area contributed by atoms with Gasteiger partial charge in [0.2, 0.25) is 0 Å². The molecular weight excluding hydrogens is 214 g/mol. The van der Waals surface area contributed by atoms with Crippen molar-refractivity contribution in [3.8, 4) is 17.0 Å². The van der Waals surface area contributed by atoms with E-state index in [-0.39, 0.29) is 6.61 Å². The number of methoxy groups -OCH3 is 1. The fourth-order valence-corrected chi connectivity index (χ4v) is 2.04. The number of para-hydroxylation sites is 1. The molecule has 2 aromatic rings. The first kappa shape index (κ1) is 11.7. The van der Waals surface area contributed by atoms with Crippen molar-refractivity contribution in [1.29, 1.82) is 0 Å². The summed E-state index contributed by atoms with van der Waals surface area (Å²) in [6, 6.07) is 9.90. The first-order chi connectivity index (χ1) is 8.19. The summed E-state index contributed by atoms with van der Waals surface area (Å²) in [5, 5.41) is 9.29. The highest BCUT2D eigenvalue weighted by Gasteiger charge is 2.12. The second-order valence-corrected chi connectivity index (χ2v) is 4.06. The van der Waals surface area contributed by atoms with Gasteiger partial charge < -0.3 is 14.4 Å². The molecule has 0 amide bonds. The SMILES string of the molecule is COc1ccccc1-c1cc(CO)c(C)n1C. The fourth-order valence-electron chi connectivity index (χ4n) is 2.04. The standard InChI is InChI=1S/C14H17NO2/c1-10-11(9-16)8-13(15(10)2)12-6-4-5-7-14(12)17-3/h4-8,16H,9H2,1-3H3. The summed E-state index contributed by atoms with van der Waals surface area (Å²) < 4.78 is 7.43. The smallest absolute Gasteiger partial charge is 0.128 e. The largest absolute Gasteiger partial charge is 0.496 e. The van der Waals surface area contributed by atoms with Crippen molar-refractivity contribution in [3.63, 3.8) is 0 Å². The maximum atomic E-state index is 9.29.